The highest BCUT2D eigenvalue weighted by molar-refractivity contribution is 5.79. The number of likely N-dealkylation sites (tertiary alicyclic amines) is 2. The van der Waals surface area contributed by atoms with Crippen molar-refractivity contribution in [3.8, 4) is 0 Å². The molecule has 1 amide bonds. The Kier molecular flexibility index (Phi) is 4.01. The Morgan fingerprint density at radius 2 is 2.05 bits per heavy atom. The number of hydrogen-bond acceptors (Lipinski definition) is 2. The number of rotatable bonds is 3. The van der Waals surface area contributed by atoms with Crippen LogP contribution in [0.15, 0.2) is 24.3 Å². The number of carbonyl (C=O) groups excluding carboxylic acids is 1. The molecule has 3 rings (SSSR count). The Labute approximate surface area is 119 Å². The molecule has 0 saturated carbocycles. The highest BCUT2D eigenvalue weighted by Gasteiger charge is 2.32. The lowest BCUT2D eigenvalue weighted by atomic mass is 10.1. The highest BCUT2D eigenvalue weighted by Crippen LogP contribution is 2.22. The van der Waals surface area contributed by atoms with Crippen LogP contribution >= 0.6 is 0 Å². The normalized spacial score (nSPS) is 23.4. The van der Waals surface area contributed by atoms with Crippen molar-refractivity contribution in [2.45, 2.75) is 25.8 Å². The van der Waals surface area contributed by atoms with E-state index in [1.54, 1.807) is 12.1 Å². The predicted molar refractivity (Wildman–Crippen MR) is 75.6 cm³/mol. The van der Waals surface area contributed by atoms with Crippen molar-refractivity contribution in [3.05, 3.63) is 35.6 Å². The van der Waals surface area contributed by atoms with Gasteiger partial charge in [0, 0.05) is 26.2 Å². The van der Waals surface area contributed by atoms with Gasteiger partial charge < -0.3 is 4.90 Å². The van der Waals surface area contributed by atoms with Crippen LogP contribution in [0, 0.1) is 11.7 Å². The molecular weight excluding hydrogens is 255 g/mol. The summed E-state index contributed by atoms with van der Waals surface area (Å²) in [6, 6.07) is 6.73. The van der Waals surface area contributed by atoms with E-state index in [-0.39, 0.29) is 11.7 Å². The molecule has 0 bridgehead atoms. The third-order valence-corrected chi connectivity index (χ3v) is 4.33. The van der Waals surface area contributed by atoms with Gasteiger partial charge in [0.2, 0.25) is 5.91 Å². The number of carbonyl (C=O) groups is 1. The number of hydrogen-bond donors (Lipinski definition) is 0. The van der Waals surface area contributed by atoms with E-state index >= 15 is 0 Å². The lowest BCUT2D eigenvalue weighted by molar-refractivity contribution is -0.134. The van der Waals surface area contributed by atoms with Crippen LogP contribution in [0.3, 0.4) is 0 Å². The molecule has 1 aromatic rings. The topological polar surface area (TPSA) is 23.6 Å². The summed E-state index contributed by atoms with van der Waals surface area (Å²) in [5.41, 5.74) is 0.985. The summed E-state index contributed by atoms with van der Waals surface area (Å²) in [6.45, 7) is 4.34. The quantitative estimate of drug-likeness (QED) is 0.845. The zero-order valence-electron chi connectivity index (χ0n) is 11.7. The van der Waals surface area contributed by atoms with Crippen molar-refractivity contribution < 1.29 is 9.18 Å². The van der Waals surface area contributed by atoms with Crippen molar-refractivity contribution in [1.29, 1.82) is 0 Å². The van der Waals surface area contributed by atoms with Gasteiger partial charge in [0.05, 0.1) is 5.92 Å². The van der Waals surface area contributed by atoms with E-state index < -0.39 is 0 Å². The van der Waals surface area contributed by atoms with Crippen LogP contribution in [-0.2, 0) is 11.3 Å². The minimum absolute atomic E-state index is 0.140. The molecule has 2 fully saturated rings. The molecule has 0 aromatic heterocycles. The number of halogens is 1. The first-order valence-corrected chi connectivity index (χ1v) is 7.48. The molecule has 1 atom stereocenters. The van der Waals surface area contributed by atoms with Gasteiger partial charge in [0.25, 0.3) is 0 Å². The van der Waals surface area contributed by atoms with E-state index in [9.17, 15) is 9.18 Å². The van der Waals surface area contributed by atoms with E-state index in [1.165, 1.54) is 6.07 Å². The van der Waals surface area contributed by atoms with Crippen LogP contribution < -0.4 is 0 Å². The second-order valence-electron chi connectivity index (χ2n) is 5.88. The fourth-order valence-electron chi connectivity index (χ4n) is 3.27. The van der Waals surface area contributed by atoms with E-state index in [1.807, 2.05) is 11.0 Å². The van der Waals surface area contributed by atoms with E-state index in [0.717, 1.165) is 57.5 Å². The maximum atomic E-state index is 13.2. The number of benzene rings is 1. The average Bonchev–Trinajstić information content (AvgIpc) is 3.09. The molecule has 20 heavy (non-hydrogen) atoms. The van der Waals surface area contributed by atoms with Gasteiger partial charge in [-0.1, -0.05) is 12.1 Å². The molecule has 2 saturated heterocycles. The zero-order valence-corrected chi connectivity index (χ0v) is 11.7. The molecule has 108 valence electrons. The number of amides is 1. The highest BCUT2D eigenvalue weighted by atomic mass is 19.1. The standard InChI is InChI=1S/C16H21FN2O/c17-15-5-3-4-13(10-15)11-18-9-6-14(12-18)16(20)19-7-1-2-8-19/h3-5,10,14H,1-2,6-9,11-12H2. The molecule has 0 radical (unpaired) electrons. The summed E-state index contributed by atoms with van der Waals surface area (Å²) in [5, 5.41) is 0. The molecule has 3 nitrogen and oxygen atoms in total. The van der Waals surface area contributed by atoms with E-state index in [4.69, 9.17) is 0 Å². The van der Waals surface area contributed by atoms with Gasteiger partial charge in [0.1, 0.15) is 5.82 Å². The van der Waals surface area contributed by atoms with Crippen LogP contribution in [0.25, 0.3) is 0 Å². The minimum atomic E-state index is -0.189. The smallest absolute Gasteiger partial charge is 0.227 e. The van der Waals surface area contributed by atoms with Crippen LogP contribution in [-0.4, -0.2) is 41.9 Å². The molecule has 2 aliphatic heterocycles. The Morgan fingerprint density at radius 1 is 1.25 bits per heavy atom. The molecule has 0 aliphatic carbocycles. The third kappa shape index (κ3) is 3.01. The maximum Gasteiger partial charge on any atom is 0.227 e. The van der Waals surface area contributed by atoms with Gasteiger partial charge in [-0.05, 0) is 43.5 Å². The summed E-state index contributed by atoms with van der Waals surface area (Å²) in [4.78, 5) is 16.6. The molecule has 4 heteroatoms. The van der Waals surface area contributed by atoms with Gasteiger partial charge in [0.15, 0.2) is 0 Å². The van der Waals surface area contributed by atoms with Crippen molar-refractivity contribution in [2.24, 2.45) is 5.92 Å². The third-order valence-electron chi connectivity index (χ3n) is 4.33. The Bertz CT molecular complexity index is 485. The van der Waals surface area contributed by atoms with Crippen LogP contribution in [0.2, 0.25) is 0 Å². The largest absolute Gasteiger partial charge is 0.342 e. The fourth-order valence-corrected chi connectivity index (χ4v) is 3.27. The van der Waals surface area contributed by atoms with E-state index in [0.29, 0.717) is 5.91 Å². The summed E-state index contributed by atoms with van der Waals surface area (Å²) in [6.07, 6.45) is 3.22. The fraction of sp³-hybridized carbons (Fsp3) is 0.562. The number of nitrogens with zero attached hydrogens (tertiary/aromatic N) is 2. The van der Waals surface area contributed by atoms with Crippen molar-refractivity contribution >= 4 is 5.91 Å². The molecule has 1 aromatic carbocycles. The average molecular weight is 276 g/mol. The first-order chi connectivity index (χ1) is 9.72. The molecule has 0 spiro atoms. The first-order valence-electron chi connectivity index (χ1n) is 7.48. The summed E-state index contributed by atoms with van der Waals surface area (Å²) >= 11 is 0. The summed E-state index contributed by atoms with van der Waals surface area (Å²) in [7, 11) is 0. The second kappa shape index (κ2) is 5.92. The minimum Gasteiger partial charge on any atom is -0.342 e. The van der Waals surface area contributed by atoms with Crippen LogP contribution in [0.5, 0.6) is 0 Å². The summed E-state index contributed by atoms with van der Waals surface area (Å²) in [5.74, 6) is 0.275. The molecule has 2 aliphatic rings. The van der Waals surface area contributed by atoms with Gasteiger partial charge in [-0.15, -0.1) is 0 Å². The maximum absolute atomic E-state index is 13.2. The van der Waals surface area contributed by atoms with Crippen molar-refractivity contribution in [3.63, 3.8) is 0 Å². The predicted octanol–water partition coefficient (Wildman–Crippen LogP) is 2.27. The van der Waals surface area contributed by atoms with Gasteiger partial charge in [-0.2, -0.15) is 0 Å². The van der Waals surface area contributed by atoms with Gasteiger partial charge in [-0.25, -0.2) is 4.39 Å². The molecule has 0 N–H and O–H groups in total. The van der Waals surface area contributed by atoms with Crippen molar-refractivity contribution in [1.82, 2.24) is 9.80 Å². The SMILES string of the molecule is O=C(C1CCN(Cc2cccc(F)c2)C1)N1CCCC1. The Morgan fingerprint density at radius 3 is 2.80 bits per heavy atom. The van der Waals surface area contributed by atoms with E-state index in [2.05, 4.69) is 4.90 Å². The van der Waals surface area contributed by atoms with Crippen LogP contribution in [0.4, 0.5) is 4.39 Å². The van der Waals surface area contributed by atoms with Crippen LogP contribution in [0.1, 0.15) is 24.8 Å². The molecular formula is C16H21FN2O. The Hall–Kier alpha value is -1.42. The second-order valence-corrected chi connectivity index (χ2v) is 5.88. The molecule has 2 heterocycles. The van der Waals surface area contributed by atoms with Gasteiger partial charge >= 0.3 is 0 Å². The monoisotopic (exact) mass is 276 g/mol. The lowest BCUT2D eigenvalue weighted by Gasteiger charge is -2.20. The zero-order chi connectivity index (χ0) is 13.9. The summed E-state index contributed by atoms with van der Waals surface area (Å²) < 4.78 is 13.2. The lowest BCUT2D eigenvalue weighted by Crippen LogP contribution is -2.35. The van der Waals surface area contributed by atoms with Crippen molar-refractivity contribution in [2.75, 3.05) is 26.2 Å². The first kappa shape index (κ1) is 13.6. The van der Waals surface area contributed by atoms with Gasteiger partial charge in [-0.3, -0.25) is 9.69 Å². The molecule has 1 unspecified atom stereocenters. The Balaban J connectivity index is 1.55.